The van der Waals surface area contributed by atoms with Crippen molar-refractivity contribution in [2.45, 2.75) is 51.2 Å². The molecule has 7 nitrogen and oxygen atoms in total. The molecule has 0 radical (unpaired) electrons. The Balaban J connectivity index is 1.29. The highest BCUT2D eigenvalue weighted by molar-refractivity contribution is 6.03. The van der Waals surface area contributed by atoms with Crippen LogP contribution in [0.3, 0.4) is 0 Å². The molecule has 32 heavy (non-hydrogen) atoms. The molecule has 0 spiro atoms. The maximum absolute atomic E-state index is 12.6. The third-order valence-electron chi connectivity index (χ3n) is 6.13. The van der Waals surface area contributed by atoms with E-state index in [2.05, 4.69) is 16.4 Å². The first-order chi connectivity index (χ1) is 15.3. The van der Waals surface area contributed by atoms with Crippen molar-refractivity contribution in [2.75, 3.05) is 6.61 Å². The van der Waals surface area contributed by atoms with Crippen LogP contribution in [0.2, 0.25) is 0 Å². The lowest BCUT2D eigenvalue weighted by molar-refractivity contribution is -0.124. The summed E-state index contributed by atoms with van der Waals surface area (Å²) in [5.41, 5.74) is 2.91. The highest BCUT2D eigenvalue weighted by Crippen LogP contribution is 2.41. The summed E-state index contributed by atoms with van der Waals surface area (Å²) >= 11 is 0. The number of H-pyrrole nitrogens is 1. The van der Waals surface area contributed by atoms with E-state index in [1.807, 2.05) is 32.0 Å². The molecule has 0 fully saturated rings. The number of aromatic amines is 1. The summed E-state index contributed by atoms with van der Waals surface area (Å²) in [6.07, 6.45) is 3.04. The summed E-state index contributed by atoms with van der Waals surface area (Å²) in [6, 6.07) is 11.0. The lowest BCUT2D eigenvalue weighted by Crippen LogP contribution is -2.36. The van der Waals surface area contributed by atoms with Crippen LogP contribution in [0.25, 0.3) is 10.9 Å². The van der Waals surface area contributed by atoms with Crippen molar-refractivity contribution in [1.29, 1.82) is 0 Å². The van der Waals surface area contributed by atoms with E-state index in [0.29, 0.717) is 0 Å². The average molecular weight is 434 g/mol. The molecule has 0 saturated carbocycles. The summed E-state index contributed by atoms with van der Waals surface area (Å²) in [4.78, 5) is 28.4. The number of fused-ring (bicyclic) bond motifs is 4. The van der Waals surface area contributed by atoms with Gasteiger partial charge in [-0.05, 0) is 44.7 Å². The number of ketones is 1. The van der Waals surface area contributed by atoms with Crippen LogP contribution >= 0.6 is 0 Å². The third kappa shape index (κ3) is 3.68. The predicted octanol–water partition coefficient (Wildman–Crippen LogP) is 4.19. The van der Waals surface area contributed by atoms with Gasteiger partial charge in [-0.1, -0.05) is 18.2 Å². The summed E-state index contributed by atoms with van der Waals surface area (Å²) in [7, 11) is 0. The number of para-hydroxylation sites is 1. The molecule has 0 unspecified atom stereocenters. The SMILES string of the molecule is CC1(C)CC(=O)c2c(O)cc(OCC(=O)N[C@H]3CCCc4c3[nH]c3ccccc43)cc2O1. The smallest absolute Gasteiger partial charge is 0.258 e. The lowest BCUT2D eigenvalue weighted by Gasteiger charge is -2.32. The highest BCUT2D eigenvalue weighted by atomic mass is 16.5. The number of Topliss-reactive ketones (excluding diaryl/α,β-unsaturated/α-hetero) is 1. The van der Waals surface area contributed by atoms with E-state index in [4.69, 9.17) is 9.47 Å². The number of aromatic hydroxyl groups is 1. The lowest BCUT2D eigenvalue weighted by atomic mass is 9.91. The number of carbonyl (C=O) groups excluding carboxylic acids is 2. The third-order valence-corrected chi connectivity index (χ3v) is 6.13. The maximum Gasteiger partial charge on any atom is 0.258 e. The minimum Gasteiger partial charge on any atom is -0.507 e. The molecular formula is C25H26N2O5. The Kier molecular flexibility index (Phi) is 4.84. The van der Waals surface area contributed by atoms with Crippen LogP contribution in [0.15, 0.2) is 36.4 Å². The van der Waals surface area contributed by atoms with Gasteiger partial charge in [0.05, 0.1) is 12.5 Å². The summed E-state index contributed by atoms with van der Waals surface area (Å²) in [6.45, 7) is 3.42. The zero-order chi connectivity index (χ0) is 22.5. The first kappa shape index (κ1) is 20.4. The molecule has 2 aromatic carbocycles. The molecule has 1 amide bonds. The number of phenols is 1. The Labute approximate surface area is 185 Å². The summed E-state index contributed by atoms with van der Waals surface area (Å²) in [5, 5.41) is 14.6. The van der Waals surface area contributed by atoms with E-state index in [9.17, 15) is 14.7 Å². The predicted molar refractivity (Wildman–Crippen MR) is 119 cm³/mol. The van der Waals surface area contributed by atoms with Crippen LogP contribution < -0.4 is 14.8 Å². The van der Waals surface area contributed by atoms with Gasteiger partial charge in [0.15, 0.2) is 12.4 Å². The van der Waals surface area contributed by atoms with Gasteiger partial charge < -0.3 is 24.9 Å². The van der Waals surface area contributed by atoms with Crippen molar-refractivity contribution in [3.63, 3.8) is 0 Å². The molecule has 1 aliphatic heterocycles. The Morgan fingerprint density at radius 3 is 2.97 bits per heavy atom. The monoisotopic (exact) mass is 434 g/mol. The normalized spacial score (nSPS) is 19.1. The quantitative estimate of drug-likeness (QED) is 0.572. The van der Waals surface area contributed by atoms with E-state index in [-0.39, 0.29) is 53.6 Å². The fourth-order valence-electron chi connectivity index (χ4n) is 4.77. The number of hydrogen-bond acceptors (Lipinski definition) is 5. The zero-order valence-corrected chi connectivity index (χ0v) is 18.2. The molecule has 1 aromatic heterocycles. The number of aryl methyl sites for hydroxylation is 1. The van der Waals surface area contributed by atoms with Gasteiger partial charge in [0.25, 0.3) is 5.91 Å². The molecule has 2 aliphatic rings. The minimum atomic E-state index is -0.662. The van der Waals surface area contributed by atoms with Gasteiger partial charge in [-0.2, -0.15) is 0 Å². The highest BCUT2D eigenvalue weighted by Gasteiger charge is 2.35. The van der Waals surface area contributed by atoms with Crippen molar-refractivity contribution in [2.24, 2.45) is 0 Å². The Morgan fingerprint density at radius 2 is 2.12 bits per heavy atom. The van der Waals surface area contributed by atoms with Crippen molar-refractivity contribution < 1.29 is 24.2 Å². The topological polar surface area (TPSA) is 101 Å². The molecular weight excluding hydrogens is 408 g/mol. The van der Waals surface area contributed by atoms with Crippen molar-refractivity contribution in [3.05, 3.63) is 53.2 Å². The molecule has 1 aliphatic carbocycles. The van der Waals surface area contributed by atoms with E-state index in [1.54, 1.807) is 6.07 Å². The number of phenolic OH excluding ortho intramolecular Hbond substituents is 1. The number of amides is 1. The van der Waals surface area contributed by atoms with Crippen molar-refractivity contribution in [1.82, 2.24) is 10.3 Å². The van der Waals surface area contributed by atoms with Crippen LogP contribution in [0.5, 0.6) is 17.2 Å². The molecule has 7 heteroatoms. The summed E-state index contributed by atoms with van der Waals surface area (Å²) < 4.78 is 11.5. The van der Waals surface area contributed by atoms with Crippen LogP contribution in [-0.2, 0) is 11.2 Å². The van der Waals surface area contributed by atoms with E-state index >= 15 is 0 Å². The first-order valence-corrected chi connectivity index (χ1v) is 10.9. The molecule has 5 rings (SSSR count). The Bertz CT molecular complexity index is 1230. The Morgan fingerprint density at radius 1 is 1.31 bits per heavy atom. The average Bonchev–Trinajstić information content (AvgIpc) is 3.10. The van der Waals surface area contributed by atoms with Crippen LogP contribution in [0, 0.1) is 0 Å². The molecule has 166 valence electrons. The Hall–Kier alpha value is -3.48. The standard InChI is InChI=1S/C25H26N2O5/c1-25(2)12-20(29)23-19(28)10-14(11-21(23)32-25)31-13-22(30)26-18-9-5-7-16-15-6-3-4-8-17(15)27-24(16)18/h3-4,6,8,10-11,18,27-28H,5,7,9,12-13H2,1-2H3,(H,26,30)/t18-/m0/s1. The van der Waals surface area contributed by atoms with E-state index in [0.717, 1.165) is 30.5 Å². The number of benzene rings is 2. The van der Waals surface area contributed by atoms with Gasteiger partial charge in [0.1, 0.15) is 28.4 Å². The van der Waals surface area contributed by atoms with Gasteiger partial charge in [0.2, 0.25) is 0 Å². The van der Waals surface area contributed by atoms with Crippen molar-refractivity contribution >= 4 is 22.6 Å². The minimum absolute atomic E-state index is 0.0964. The molecule has 0 bridgehead atoms. The van der Waals surface area contributed by atoms with Crippen LogP contribution in [0.4, 0.5) is 0 Å². The second-order valence-corrected chi connectivity index (χ2v) is 9.14. The number of ether oxygens (including phenoxy) is 2. The van der Waals surface area contributed by atoms with Gasteiger partial charge >= 0.3 is 0 Å². The molecule has 3 N–H and O–H groups in total. The van der Waals surface area contributed by atoms with E-state index < -0.39 is 5.60 Å². The van der Waals surface area contributed by atoms with Gasteiger partial charge in [-0.25, -0.2) is 0 Å². The van der Waals surface area contributed by atoms with Crippen molar-refractivity contribution in [3.8, 4) is 17.2 Å². The number of nitrogens with one attached hydrogen (secondary N) is 2. The molecule has 0 saturated heterocycles. The second kappa shape index (κ2) is 7.58. The van der Waals surface area contributed by atoms with Crippen LogP contribution in [0.1, 0.15) is 60.8 Å². The molecule has 2 heterocycles. The number of hydrogen-bond donors (Lipinski definition) is 3. The number of rotatable bonds is 4. The summed E-state index contributed by atoms with van der Waals surface area (Å²) in [5.74, 6) is -0.0811. The fourth-order valence-corrected chi connectivity index (χ4v) is 4.77. The first-order valence-electron chi connectivity index (χ1n) is 10.9. The number of aromatic nitrogens is 1. The zero-order valence-electron chi connectivity index (χ0n) is 18.2. The van der Waals surface area contributed by atoms with Gasteiger partial charge in [-0.15, -0.1) is 0 Å². The van der Waals surface area contributed by atoms with Gasteiger partial charge in [-0.3, -0.25) is 9.59 Å². The number of carbonyl (C=O) groups is 2. The van der Waals surface area contributed by atoms with Gasteiger partial charge in [0, 0.05) is 28.7 Å². The maximum atomic E-state index is 12.6. The molecule has 1 atom stereocenters. The molecule has 3 aromatic rings. The second-order valence-electron chi connectivity index (χ2n) is 9.14. The largest absolute Gasteiger partial charge is 0.507 e. The fraction of sp³-hybridized carbons (Fsp3) is 0.360. The van der Waals surface area contributed by atoms with Crippen LogP contribution in [-0.4, -0.2) is 34.0 Å². The van der Waals surface area contributed by atoms with E-state index in [1.165, 1.54) is 17.0 Å².